The lowest BCUT2D eigenvalue weighted by Gasteiger charge is -2.20. The molecule has 1 fully saturated rings. The molecule has 1 rings (SSSR count). The van der Waals surface area contributed by atoms with Crippen molar-refractivity contribution in [2.45, 2.75) is 32.7 Å². The van der Waals surface area contributed by atoms with E-state index in [1.165, 1.54) is 0 Å². The number of ketones is 1. The van der Waals surface area contributed by atoms with E-state index in [0.29, 0.717) is 12.2 Å². The normalized spacial score (nSPS) is 33.2. The Balaban J connectivity index is 2.78. The summed E-state index contributed by atoms with van der Waals surface area (Å²) < 4.78 is 0. The Labute approximate surface area is 55.4 Å². The average molecular weight is 127 g/mol. The molecule has 0 aromatic carbocycles. The second-order valence-electron chi connectivity index (χ2n) is 3.29. The van der Waals surface area contributed by atoms with E-state index in [2.05, 4.69) is 0 Å². The SMILES string of the molecule is CC1(C)C(=O)CC[C@@H]1N. The van der Waals surface area contributed by atoms with Crippen molar-refractivity contribution in [3.8, 4) is 0 Å². The minimum absolute atomic E-state index is 0.0880. The number of hydrogen-bond donors (Lipinski definition) is 1. The molecule has 0 unspecified atom stereocenters. The van der Waals surface area contributed by atoms with Crippen molar-refractivity contribution >= 4 is 5.78 Å². The smallest absolute Gasteiger partial charge is 0.140 e. The van der Waals surface area contributed by atoms with E-state index in [1.807, 2.05) is 13.8 Å². The topological polar surface area (TPSA) is 43.1 Å². The van der Waals surface area contributed by atoms with Crippen molar-refractivity contribution in [3.63, 3.8) is 0 Å². The van der Waals surface area contributed by atoms with E-state index in [1.54, 1.807) is 0 Å². The third-order valence-corrected chi connectivity index (χ3v) is 2.33. The third kappa shape index (κ3) is 0.874. The molecule has 0 aromatic heterocycles. The first-order chi connectivity index (χ1) is 4.05. The van der Waals surface area contributed by atoms with Gasteiger partial charge in [-0.3, -0.25) is 4.79 Å². The minimum atomic E-state index is -0.250. The summed E-state index contributed by atoms with van der Waals surface area (Å²) in [7, 11) is 0. The molecule has 1 atom stereocenters. The minimum Gasteiger partial charge on any atom is -0.327 e. The molecule has 0 bridgehead atoms. The molecular weight excluding hydrogens is 114 g/mol. The second-order valence-corrected chi connectivity index (χ2v) is 3.29. The van der Waals surface area contributed by atoms with E-state index in [4.69, 9.17) is 5.73 Å². The first-order valence-electron chi connectivity index (χ1n) is 3.34. The lowest BCUT2D eigenvalue weighted by atomic mass is 9.87. The highest BCUT2D eigenvalue weighted by Crippen LogP contribution is 2.32. The van der Waals surface area contributed by atoms with E-state index < -0.39 is 0 Å². The van der Waals surface area contributed by atoms with Crippen LogP contribution in [0.3, 0.4) is 0 Å². The van der Waals surface area contributed by atoms with Crippen LogP contribution in [0.5, 0.6) is 0 Å². The highest BCUT2D eigenvalue weighted by molar-refractivity contribution is 5.87. The van der Waals surface area contributed by atoms with Gasteiger partial charge in [0.05, 0.1) is 0 Å². The molecule has 2 heteroatoms. The van der Waals surface area contributed by atoms with Crippen LogP contribution in [0, 0.1) is 5.41 Å². The predicted molar refractivity (Wildman–Crippen MR) is 36.0 cm³/mol. The number of carbonyl (C=O) groups excluding carboxylic acids is 1. The lowest BCUT2D eigenvalue weighted by molar-refractivity contribution is -0.124. The number of rotatable bonds is 0. The fourth-order valence-corrected chi connectivity index (χ4v) is 1.18. The van der Waals surface area contributed by atoms with Gasteiger partial charge in [-0.25, -0.2) is 0 Å². The van der Waals surface area contributed by atoms with E-state index in [-0.39, 0.29) is 11.5 Å². The Kier molecular flexibility index (Phi) is 1.35. The maximum absolute atomic E-state index is 11.0. The molecule has 0 spiro atoms. The Bertz CT molecular complexity index is 140. The van der Waals surface area contributed by atoms with Crippen molar-refractivity contribution in [2.24, 2.45) is 11.1 Å². The largest absolute Gasteiger partial charge is 0.327 e. The van der Waals surface area contributed by atoms with Crippen LogP contribution in [0.1, 0.15) is 26.7 Å². The monoisotopic (exact) mass is 127 g/mol. The third-order valence-electron chi connectivity index (χ3n) is 2.33. The predicted octanol–water partition coefficient (Wildman–Crippen LogP) is 0.703. The van der Waals surface area contributed by atoms with Gasteiger partial charge in [-0.1, -0.05) is 13.8 Å². The zero-order valence-corrected chi connectivity index (χ0v) is 5.98. The van der Waals surface area contributed by atoms with Crippen LogP contribution in [-0.4, -0.2) is 11.8 Å². The Morgan fingerprint density at radius 2 is 2.22 bits per heavy atom. The van der Waals surface area contributed by atoms with Crippen LogP contribution in [-0.2, 0) is 4.79 Å². The molecule has 2 nitrogen and oxygen atoms in total. The fraction of sp³-hybridized carbons (Fsp3) is 0.857. The number of hydrogen-bond acceptors (Lipinski definition) is 2. The van der Waals surface area contributed by atoms with Crippen LogP contribution in [0.15, 0.2) is 0 Å². The average Bonchev–Trinajstić information content (AvgIpc) is 1.96. The Hall–Kier alpha value is -0.370. The van der Waals surface area contributed by atoms with Gasteiger partial charge in [-0.2, -0.15) is 0 Å². The summed E-state index contributed by atoms with van der Waals surface area (Å²) in [5.41, 5.74) is 5.43. The molecule has 9 heavy (non-hydrogen) atoms. The number of Topliss-reactive ketones (excluding diaryl/α,β-unsaturated/α-hetero) is 1. The summed E-state index contributed by atoms with van der Waals surface area (Å²) in [6.45, 7) is 3.85. The molecule has 1 aliphatic rings. The molecule has 0 radical (unpaired) electrons. The first kappa shape index (κ1) is 6.75. The van der Waals surface area contributed by atoms with E-state index in [9.17, 15) is 4.79 Å². The lowest BCUT2D eigenvalue weighted by Crippen LogP contribution is -2.35. The quantitative estimate of drug-likeness (QED) is 0.520. The highest BCUT2D eigenvalue weighted by Gasteiger charge is 2.39. The summed E-state index contributed by atoms with van der Waals surface area (Å²) in [5.74, 6) is 0.315. The van der Waals surface area contributed by atoms with Crippen LogP contribution < -0.4 is 5.73 Å². The number of carbonyl (C=O) groups is 1. The van der Waals surface area contributed by atoms with E-state index in [0.717, 1.165) is 6.42 Å². The maximum atomic E-state index is 11.0. The summed E-state index contributed by atoms with van der Waals surface area (Å²) in [6, 6.07) is 0.0880. The van der Waals surface area contributed by atoms with Crippen LogP contribution in [0.25, 0.3) is 0 Å². The molecule has 1 saturated carbocycles. The van der Waals surface area contributed by atoms with Gasteiger partial charge in [-0.05, 0) is 6.42 Å². The molecule has 0 saturated heterocycles. The van der Waals surface area contributed by atoms with Crippen molar-refractivity contribution in [3.05, 3.63) is 0 Å². The fourth-order valence-electron chi connectivity index (χ4n) is 1.18. The van der Waals surface area contributed by atoms with Crippen molar-refractivity contribution in [1.29, 1.82) is 0 Å². The summed E-state index contributed by atoms with van der Waals surface area (Å²) in [5, 5.41) is 0. The molecular formula is C7H13NO. The summed E-state index contributed by atoms with van der Waals surface area (Å²) in [4.78, 5) is 11.0. The van der Waals surface area contributed by atoms with Crippen molar-refractivity contribution in [2.75, 3.05) is 0 Å². The summed E-state index contributed by atoms with van der Waals surface area (Å²) in [6.07, 6.45) is 1.54. The van der Waals surface area contributed by atoms with Crippen LogP contribution in [0.2, 0.25) is 0 Å². The van der Waals surface area contributed by atoms with Gasteiger partial charge < -0.3 is 5.73 Å². The Morgan fingerprint density at radius 1 is 1.67 bits per heavy atom. The van der Waals surface area contributed by atoms with Gasteiger partial charge in [0.1, 0.15) is 5.78 Å². The van der Waals surface area contributed by atoms with Crippen molar-refractivity contribution < 1.29 is 4.79 Å². The molecule has 2 N–H and O–H groups in total. The molecule has 1 aliphatic carbocycles. The number of nitrogens with two attached hydrogens (primary N) is 1. The van der Waals surface area contributed by atoms with Crippen LogP contribution in [0.4, 0.5) is 0 Å². The van der Waals surface area contributed by atoms with Gasteiger partial charge in [0, 0.05) is 17.9 Å². The van der Waals surface area contributed by atoms with Gasteiger partial charge in [0.25, 0.3) is 0 Å². The highest BCUT2D eigenvalue weighted by atomic mass is 16.1. The summed E-state index contributed by atoms with van der Waals surface area (Å²) >= 11 is 0. The van der Waals surface area contributed by atoms with Gasteiger partial charge >= 0.3 is 0 Å². The van der Waals surface area contributed by atoms with Crippen molar-refractivity contribution in [1.82, 2.24) is 0 Å². The van der Waals surface area contributed by atoms with Gasteiger partial charge in [0.2, 0.25) is 0 Å². The van der Waals surface area contributed by atoms with Crippen LogP contribution >= 0.6 is 0 Å². The van der Waals surface area contributed by atoms with E-state index >= 15 is 0 Å². The Morgan fingerprint density at radius 3 is 2.33 bits per heavy atom. The molecule has 0 heterocycles. The molecule has 52 valence electrons. The van der Waals surface area contributed by atoms with Gasteiger partial charge in [-0.15, -0.1) is 0 Å². The zero-order valence-electron chi connectivity index (χ0n) is 5.98. The second kappa shape index (κ2) is 1.81. The van der Waals surface area contributed by atoms with Gasteiger partial charge in [0.15, 0.2) is 0 Å². The molecule has 0 aliphatic heterocycles. The first-order valence-corrected chi connectivity index (χ1v) is 3.34. The zero-order chi connectivity index (χ0) is 7.07. The standard InChI is InChI=1S/C7H13NO/c1-7(2)5(8)3-4-6(7)9/h5H,3-4,8H2,1-2H3/t5-/m0/s1. The molecule has 0 amide bonds. The maximum Gasteiger partial charge on any atom is 0.140 e. The molecule has 0 aromatic rings.